The lowest BCUT2D eigenvalue weighted by Crippen LogP contribution is -2.54. The third kappa shape index (κ3) is 5.20. The average molecular weight is 601 g/mol. The number of fused-ring (bicyclic) bond motifs is 2. The molecule has 0 bridgehead atoms. The molecule has 0 saturated carbocycles. The number of nitrogens with zero attached hydrogens (tertiary/aromatic N) is 2. The Morgan fingerprint density at radius 3 is 1.66 bits per heavy atom. The van der Waals surface area contributed by atoms with E-state index in [9.17, 15) is 38.4 Å². The molecule has 8 amide bonds. The topological polar surface area (TPSA) is 167 Å². The number of carbonyl (C=O) groups excluding carboxylic acids is 8. The number of carbonyl (C=O) groups is 8. The van der Waals surface area contributed by atoms with E-state index in [0.717, 1.165) is 20.9 Å². The molecule has 0 radical (unpaired) electrons. The highest BCUT2D eigenvalue weighted by Crippen LogP contribution is 2.33. The van der Waals surface area contributed by atoms with E-state index in [0.29, 0.717) is 22.3 Å². The Hall–Kier alpha value is -5.00. The lowest BCUT2D eigenvalue weighted by molar-refractivity contribution is -0.137. The van der Waals surface area contributed by atoms with E-state index in [2.05, 4.69) is 10.6 Å². The standard InChI is InChI=1S/2C16H16N2O4/c1-8(2)9-3-4-10-11(7-9)16(22)18(15(10)21)12-5-6-13(19)17-14(12)20;1-8(2)9-4-3-5-10-13(9)16(22)18(15(10)21)11-6-7-12(19)17-14(11)20/h3-4,7-8,12H,5-6H2,1-2H3,(H,17,19,20);3-5,8,11H,6-7H2,1-2H3,(H,17,19,20). The zero-order valence-corrected chi connectivity index (χ0v) is 24.8. The average Bonchev–Trinajstić information content (AvgIpc) is 3.37. The van der Waals surface area contributed by atoms with Gasteiger partial charge in [-0.05, 0) is 54.0 Å². The minimum atomic E-state index is -0.912. The number of hydrogen-bond acceptors (Lipinski definition) is 8. The summed E-state index contributed by atoms with van der Waals surface area (Å²) in [5.41, 5.74) is 3.13. The Kier molecular flexibility index (Phi) is 8.02. The highest BCUT2D eigenvalue weighted by molar-refractivity contribution is 6.24. The lowest BCUT2D eigenvalue weighted by atomic mass is 9.94. The Labute approximate surface area is 253 Å². The van der Waals surface area contributed by atoms with Crippen LogP contribution in [0.25, 0.3) is 0 Å². The van der Waals surface area contributed by atoms with Gasteiger partial charge in [-0.2, -0.15) is 0 Å². The van der Waals surface area contributed by atoms with Gasteiger partial charge in [-0.15, -0.1) is 0 Å². The summed E-state index contributed by atoms with van der Waals surface area (Å²) in [6.45, 7) is 7.89. The molecule has 12 heteroatoms. The van der Waals surface area contributed by atoms with Crippen molar-refractivity contribution in [1.29, 1.82) is 0 Å². The van der Waals surface area contributed by atoms with E-state index >= 15 is 0 Å². The number of amides is 8. The van der Waals surface area contributed by atoms with Crippen molar-refractivity contribution in [3.05, 3.63) is 69.8 Å². The third-order valence-electron chi connectivity index (χ3n) is 8.25. The van der Waals surface area contributed by atoms with Crippen molar-refractivity contribution in [2.24, 2.45) is 0 Å². The van der Waals surface area contributed by atoms with Crippen molar-refractivity contribution < 1.29 is 38.4 Å². The summed E-state index contributed by atoms with van der Waals surface area (Å²) in [6.07, 6.45) is 0.599. The van der Waals surface area contributed by atoms with Crippen LogP contribution in [-0.2, 0) is 19.2 Å². The molecule has 2 aromatic carbocycles. The molecule has 2 unspecified atom stereocenters. The molecule has 2 saturated heterocycles. The Bertz CT molecular complexity index is 1650. The normalized spacial score (nSPS) is 21.4. The first kappa shape index (κ1) is 30.5. The first-order valence-electron chi connectivity index (χ1n) is 14.5. The molecule has 4 aliphatic rings. The van der Waals surface area contributed by atoms with E-state index in [1.54, 1.807) is 24.3 Å². The van der Waals surface area contributed by atoms with Gasteiger partial charge in [0.1, 0.15) is 12.1 Å². The molecular formula is C32H32N4O8. The minimum Gasteiger partial charge on any atom is -0.295 e. The summed E-state index contributed by atoms with van der Waals surface area (Å²) in [5.74, 6) is -3.43. The van der Waals surface area contributed by atoms with Crippen LogP contribution in [0.4, 0.5) is 0 Å². The molecule has 228 valence electrons. The molecule has 0 aromatic heterocycles. The second-order valence-electron chi connectivity index (χ2n) is 11.8. The van der Waals surface area contributed by atoms with Crippen molar-refractivity contribution in [3.8, 4) is 0 Å². The fourth-order valence-corrected chi connectivity index (χ4v) is 5.87. The molecule has 2 atom stereocenters. The van der Waals surface area contributed by atoms with Gasteiger partial charge in [0.15, 0.2) is 0 Å². The van der Waals surface area contributed by atoms with Crippen LogP contribution in [0.1, 0.15) is 118 Å². The molecule has 44 heavy (non-hydrogen) atoms. The largest absolute Gasteiger partial charge is 0.295 e. The smallest absolute Gasteiger partial charge is 0.262 e. The van der Waals surface area contributed by atoms with E-state index in [1.807, 2.05) is 39.8 Å². The first-order valence-corrected chi connectivity index (χ1v) is 14.5. The van der Waals surface area contributed by atoms with Crippen LogP contribution in [0.15, 0.2) is 36.4 Å². The van der Waals surface area contributed by atoms with Crippen LogP contribution in [0.5, 0.6) is 0 Å². The molecular weight excluding hydrogens is 568 g/mol. The van der Waals surface area contributed by atoms with E-state index < -0.39 is 47.5 Å². The summed E-state index contributed by atoms with van der Waals surface area (Å²) in [6, 6.07) is 8.52. The van der Waals surface area contributed by atoms with E-state index in [1.165, 1.54) is 0 Å². The van der Waals surface area contributed by atoms with Gasteiger partial charge in [0, 0.05) is 12.8 Å². The maximum atomic E-state index is 12.7. The predicted octanol–water partition coefficient (Wildman–Crippen LogP) is 2.42. The van der Waals surface area contributed by atoms with Crippen LogP contribution >= 0.6 is 0 Å². The fourth-order valence-electron chi connectivity index (χ4n) is 5.87. The molecule has 0 spiro atoms. The molecule has 4 aliphatic heterocycles. The Morgan fingerprint density at radius 2 is 1.14 bits per heavy atom. The van der Waals surface area contributed by atoms with E-state index in [-0.39, 0.29) is 49.3 Å². The van der Waals surface area contributed by atoms with Crippen molar-refractivity contribution in [1.82, 2.24) is 20.4 Å². The second-order valence-corrected chi connectivity index (χ2v) is 11.8. The zero-order valence-electron chi connectivity index (χ0n) is 24.8. The van der Waals surface area contributed by atoms with Crippen LogP contribution in [0.2, 0.25) is 0 Å². The Balaban J connectivity index is 0.000000175. The lowest BCUT2D eigenvalue weighted by Gasteiger charge is -2.27. The van der Waals surface area contributed by atoms with Crippen molar-refractivity contribution >= 4 is 47.3 Å². The van der Waals surface area contributed by atoms with Crippen LogP contribution < -0.4 is 10.6 Å². The maximum absolute atomic E-state index is 12.7. The van der Waals surface area contributed by atoms with Gasteiger partial charge in [-0.3, -0.25) is 58.8 Å². The highest BCUT2D eigenvalue weighted by atomic mass is 16.2. The molecule has 12 nitrogen and oxygen atoms in total. The number of hydrogen-bond donors (Lipinski definition) is 2. The van der Waals surface area contributed by atoms with Crippen LogP contribution in [-0.4, -0.2) is 69.1 Å². The van der Waals surface area contributed by atoms with Gasteiger partial charge in [0.25, 0.3) is 23.6 Å². The molecule has 0 aliphatic carbocycles. The molecule has 2 fully saturated rings. The summed E-state index contributed by atoms with van der Waals surface area (Å²) < 4.78 is 0. The van der Waals surface area contributed by atoms with Crippen molar-refractivity contribution in [2.45, 2.75) is 77.3 Å². The van der Waals surface area contributed by atoms with Crippen molar-refractivity contribution in [3.63, 3.8) is 0 Å². The number of rotatable bonds is 4. The Morgan fingerprint density at radius 1 is 0.614 bits per heavy atom. The quantitative estimate of drug-likeness (QED) is 0.505. The SMILES string of the molecule is CC(C)c1ccc2c(c1)C(=O)N(C1CCC(=O)NC1=O)C2=O.CC(C)c1cccc2c1C(=O)N(C1CCC(=O)NC1=O)C2=O. The monoisotopic (exact) mass is 600 g/mol. The highest BCUT2D eigenvalue weighted by Gasteiger charge is 2.46. The van der Waals surface area contributed by atoms with Gasteiger partial charge in [-0.25, -0.2) is 0 Å². The van der Waals surface area contributed by atoms with Crippen LogP contribution in [0, 0.1) is 0 Å². The predicted molar refractivity (Wildman–Crippen MR) is 154 cm³/mol. The van der Waals surface area contributed by atoms with Crippen LogP contribution in [0.3, 0.4) is 0 Å². The van der Waals surface area contributed by atoms with Gasteiger partial charge < -0.3 is 0 Å². The number of piperidine rings is 2. The van der Waals surface area contributed by atoms with Crippen molar-refractivity contribution in [2.75, 3.05) is 0 Å². The summed E-state index contributed by atoms with van der Waals surface area (Å²) in [4.78, 5) is 98.6. The first-order chi connectivity index (χ1) is 20.8. The summed E-state index contributed by atoms with van der Waals surface area (Å²) in [5, 5.41) is 4.37. The van der Waals surface area contributed by atoms with Gasteiger partial charge in [0.05, 0.1) is 22.3 Å². The van der Waals surface area contributed by atoms with Gasteiger partial charge >= 0.3 is 0 Å². The van der Waals surface area contributed by atoms with E-state index in [4.69, 9.17) is 0 Å². The molecule has 2 aromatic rings. The number of benzene rings is 2. The molecule has 2 N–H and O–H groups in total. The summed E-state index contributed by atoms with van der Waals surface area (Å²) in [7, 11) is 0. The molecule has 6 rings (SSSR count). The third-order valence-corrected chi connectivity index (χ3v) is 8.25. The summed E-state index contributed by atoms with van der Waals surface area (Å²) >= 11 is 0. The molecule has 4 heterocycles. The number of imide groups is 4. The maximum Gasteiger partial charge on any atom is 0.262 e. The van der Waals surface area contributed by atoms with Gasteiger partial charge in [-0.1, -0.05) is 45.9 Å². The number of nitrogens with one attached hydrogen (secondary N) is 2. The zero-order chi connectivity index (χ0) is 32.0. The fraction of sp³-hybridized carbons (Fsp3) is 0.375. The minimum absolute atomic E-state index is 0.0911. The van der Waals surface area contributed by atoms with Gasteiger partial charge in [0.2, 0.25) is 23.6 Å². The second kappa shape index (κ2) is 11.6.